The lowest BCUT2D eigenvalue weighted by Crippen LogP contribution is -2.35. The minimum atomic E-state index is -3.87. The second kappa shape index (κ2) is 8.36. The van der Waals surface area contributed by atoms with Crippen LogP contribution in [0.1, 0.15) is 38.2 Å². The van der Waals surface area contributed by atoms with Crippen LogP contribution in [0.3, 0.4) is 0 Å². The topological polar surface area (TPSA) is 106 Å². The fourth-order valence-corrected chi connectivity index (χ4v) is 6.33. The Morgan fingerprint density at radius 1 is 1.19 bits per heavy atom. The lowest BCUT2D eigenvalue weighted by Gasteiger charge is -2.24. The molecule has 1 unspecified atom stereocenters. The van der Waals surface area contributed by atoms with Crippen LogP contribution < -0.4 is 9.62 Å². The Kier molecular flexibility index (Phi) is 5.74. The molecule has 0 radical (unpaired) electrons. The Hall–Kier alpha value is -3.24. The highest BCUT2D eigenvalue weighted by Gasteiger charge is 2.36. The summed E-state index contributed by atoms with van der Waals surface area (Å²) in [6, 6.07) is 13.0. The third-order valence-corrected chi connectivity index (χ3v) is 8.16. The van der Waals surface area contributed by atoms with E-state index in [1.165, 1.54) is 35.7 Å². The van der Waals surface area contributed by atoms with Crippen molar-refractivity contribution >= 4 is 44.1 Å². The molecule has 10 heteroatoms. The molecular formula is C22H21N3O5S2. The molecule has 3 aromatic rings. The number of nitrogens with zero attached hydrogens (tertiary/aromatic N) is 2. The van der Waals surface area contributed by atoms with Crippen LogP contribution >= 0.6 is 11.3 Å². The van der Waals surface area contributed by atoms with Gasteiger partial charge in [0.05, 0.1) is 23.4 Å². The number of nitrogens with one attached hydrogen (secondary N) is 1. The second-order valence-corrected chi connectivity index (χ2v) is 10.2. The summed E-state index contributed by atoms with van der Waals surface area (Å²) in [5.74, 6) is -1.06. The summed E-state index contributed by atoms with van der Waals surface area (Å²) in [6.45, 7) is 3.50. The Morgan fingerprint density at radius 3 is 2.69 bits per heavy atom. The first-order chi connectivity index (χ1) is 15.2. The third kappa shape index (κ3) is 3.87. The van der Waals surface area contributed by atoms with E-state index in [-0.39, 0.29) is 21.6 Å². The van der Waals surface area contributed by atoms with Crippen LogP contribution in [0.25, 0.3) is 0 Å². The summed E-state index contributed by atoms with van der Waals surface area (Å²) in [7, 11) is -2.60. The number of benzene rings is 2. The van der Waals surface area contributed by atoms with Crippen molar-refractivity contribution in [2.24, 2.45) is 0 Å². The molecule has 1 atom stereocenters. The van der Waals surface area contributed by atoms with Gasteiger partial charge in [0.25, 0.3) is 15.9 Å². The highest BCUT2D eigenvalue weighted by molar-refractivity contribution is 7.92. The molecule has 0 bridgehead atoms. The van der Waals surface area contributed by atoms with Crippen molar-refractivity contribution in [3.8, 4) is 0 Å². The molecule has 8 nitrogen and oxygen atoms in total. The Morgan fingerprint density at radius 2 is 1.94 bits per heavy atom. The number of hydrogen-bond donors (Lipinski definition) is 1. The minimum Gasteiger partial charge on any atom is -0.465 e. The van der Waals surface area contributed by atoms with Crippen LogP contribution in [0.5, 0.6) is 0 Å². The van der Waals surface area contributed by atoms with E-state index in [0.29, 0.717) is 22.7 Å². The number of methoxy groups -OCH3 is 1. The zero-order valence-corrected chi connectivity index (χ0v) is 19.3. The van der Waals surface area contributed by atoms with Crippen LogP contribution in [0.4, 0.5) is 10.8 Å². The molecule has 0 aliphatic carbocycles. The van der Waals surface area contributed by atoms with Crippen LogP contribution in [0, 0.1) is 6.92 Å². The summed E-state index contributed by atoms with van der Waals surface area (Å²) in [5, 5.41) is 2.85. The largest absolute Gasteiger partial charge is 0.465 e. The maximum atomic E-state index is 13.4. The predicted octanol–water partition coefficient (Wildman–Crippen LogP) is 3.63. The fourth-order valence-electron chi connectivity index (χ4n) is 3.72. The Bertz CT molecular complexity index is 1320. The molecule has 1 N–H and O–H groups in total. The third-order valence-electron chi connectivity index (χ3n) is 5.19. The summed E-state index contributed by atoms with van der Waals surface area (Å²) in [6.07, 6.45) is 0.626. The number of thiazole rings is 1. The molecule has 2 aromatic carbocycles. The molecular weight excluding hydrogens is 450 g/mol. The van der Waals surface area contributed by atoms with E-state index in [9.17, 15) is 18.0 Å². The zero-order chi connectivity index (χ0) is 23.0. The standard InChI is InChI=1S/C22H21N3O5S2/c1-13-11-15-7-4-5-10-18(15)25(13)32(28,29)17-9-6-8-16(12-17)20(26)24-22-23-14(2)19(31-22)21(27)30-3/h4-10,12-13H,11H2,1-3H3,(H,23,24,26). The van der Waals surface area contributed by atoms with Crippen molar-refractivity contribution in [2.45, 2.75) is 31.2 Å². The van der Waals surface area contributed by atoms with Gasteiger partial charge in [0.1, 0.15) is 4.88 Å². The average molecular weight is 472 g/mol. The van der Waals surface area contributed by atoms with E-state index < -0.39 is 21.9 Å². The first-order valence-electron chi connectivity index (χ1n) is 9.82. The Labute approximate surface area is 189 Å². The number of carbonyl (C=O) groups is 2. The molecule has 1 aliphatic rings. The minimum absolute atomic E-state index is 0.0271. The maximum absolute atomic E-state index is 13.4. The summed E-state index contributed by atoms with van der Waals surface area (Å²) in [5.41, 5.74) is 2.23. The number of carbonyl (C=O) groups excluding carboxylic acids is 2. The normalized spacial score (nSPS) is 15.3. The van der Waals surface area contributed by atoms with Crippen molar-refractivity contribution < 1.29 is 22.7 Å². The highest BCUT2D eigenvalue weighted by atomic mass is 32.2. The van der Waals surface area contributed by atoms with Gasteiger partial charge in [-0.2, -0.15) is 0 Å². The van der Waals surface area contributed by atoms with Gasteiger partial charge in [0, 0.05) is 11.6 Å². The summed E-state index contributed by atoms with van der Waals surface area (Å²) < 4.78 is 33.0. The SMILES string of the molecule is COC(=O)c1sc(NC(=O)c2cccc(S(=O)(=O)N3c4ccccc4CC3C)c2)nc1C. The average Bonchev–Trinajstić information content (AvgIpc) is 3.31. The number of anilines is 2. The van der Waals surface area contributed by atoms with Gasteiger partial charge < -0.3 is 4.74 Å². The fraction of sp³-hybridized carbons (Fsp3) is 0.227. The number of sulfonamides is 1. The van der Waals surface area contributed by atoms with Crippen molar-refractivity contribution in [1.29, 1.82) is 0 Å². The molecule has 0 spiro atoms. The number of ether oxygens (including phenoxy) is 1. The Balaban J connectivity index is 1.61. The van der Waals surface area contributed by atoms with Gasteiger partial charge in [-0.15, -0.1) is 0 Å². The van der Waals surface area contributed by atoms with Crippen LogP contribution in [-0.4, -0.2) is 38.4 Å². The molecule has 32 heavy (non-hydrogen) atoms. The second-order valence-electron chi connectivity index (χ2n) is 7.39. The molecule has 166 valence electrons. The smallest absolute Gasteiger partial charge is 0.350 e. The zero-order valence-electron chi connectivity index (χ0n) is 17.7. The van der Waals surface area contributed by atoms with Crippen LogP contribution in [-0.2, 0) is 21.2 Å². The summed E-state index contributed by atoms with van der Waals surface area (Å²) in [4.78, 5) is 29.0. The van der Waals surface area contributed by atoms with Crippen molar-refractivity contribution in [2.75, 3.05) is 16.7 Å². The first-order valence-corrected chi connectivity index (χ1v) is 12.1. The molecule has 4 rings (SSSR count). The first kappa shape index (κ1) is 22.0. The van der Waals surface area contributed by atoms with Gasteiger partial charge in [-0.1, -0.05) is 35.6 Å². The number of esters is 1. The maximum Gasteiger partial charge on any atom is 0.350 e. The van der Waals surface area contributed by atoms with E-state index in [1.54, 1.807) is 13.0 Å². The van der Waals surface area contributed by atoms with Gasteiger partial charge in [-0.3, -0.25) is 14.4 Å². The molecule has 1 aliphatic heterocycles. The number of para-hydroxylation sites is 1. The highest BCUT2D eigenvalue weighted by Crippen LogP contribution is 2.36. The van der Waals surface area contributed by atoms with Crippen LogP contribution in [0.15, 0.2) is 53.4 Å². The lowest BCUT2D eigenvalue weighted by molar-refractivity contribution is 0.0605. The molecule has 2 heterocycles. The van der Waals surface area contributed by atoms with Gasteiger partial charge in [-0.05, 0) is 50.1 Å². The number of fused-ring (bicyclic) bond motifs is 1. The molecule has 1 aromatic heterocycles. The van der Waals surface area contributed by atoms with Crippen molar-refractivity contribution in [3.63, 3.8) is 0 Å². The van der Waals surface area contributed by atoms with E-state index in [4.69, 9.17) is 4.74 Å². The van der Waals surface area contributed by atoms with Gasteiger partial charge >= 0.3 is 5.97 Å². The summed E-state index contributed by atoms with van der Waals surface area (Å²) >= 11 is 0.994. The van der Waals surface area contributed by atoms with Gasteiger partial charge in [0.15, 0.2) is 5.13 Å². The molecule has 0 saturated heterocycles. The molecule has 0 saturated carbocycles. The van der Waals surface area contributed by atoms with Gasteiger partial charge in [0.2, 0.25) is 0 Å². The predicted molar refractivity (Wildman–Crippen MR) is 122 cm³/mol. The number of aryl methyl sites for hydroxylation is 1. The monoisotopic (exact) mass is 471 g/mol. The van der Waals surface area contributed by atoms with Crippen molar-refractivity contribution in [1.82, 2.24) is 4.98 Å². The van der Waals surface area contributed by atoms with E-state index >= 15 is 0 Å². The van der Waals surface area contributed by atoms with E-state index in [1.807, 2.05) is 25.1 Å². The molecule has 0 fully saturated rings. The van der Waals surface area contributed by atoms with Gasteiger partial charge in [-0.25, -0.2) is 18.2 Å². The lowest BCUT2D eigenvalue weighted by atomic mass is 10.1. The molecule has 1 amide bonds. The quantitative estimate of drug-likeness (QED) is 0.570. The number of hydrogen-bond acceptors (Lipinski definition) is 7. The number of amides is 1. The number of rotatable bonds is 5. The van der Waals surface area contributed by atoms with E-state index in [0.717, 1.165) is 16.9 Å². The van der Waals surface area contributed by atoms with Crippen molar-refractivity contribution in [3.05, 3.63) is 70.2 Å². The number of aromatic nitrogens is 1. The van der Waals surface area contributed by atoms with Crippen LogP contribution in [0.2, 0.25) is 0 Å². The van der Waals surface area contributed by atoms with E-state index in [2.05, 4.69) is 10.3 Å².